The molecule has 3 aromatic carbocycles. The molecule has 5 rings (SSSR count). The lowest BCUT2D eigenvalue weighted by Crippen LogP contribution is -2.32. The summed E-state index contributed by atoms with van der Waals surface area (Å²) in [4.78, 5) is 27.5. The summed E-state index contributed by atoms with van der Waals surface area (Å²) >= 11 is 0. The van der Waals surface area contributed by atoms with Crippen LogP contribution in [-0.2, 0) is 18.4 Å². The van der Waals surface area contributed by atoms with Gasteiger partial charge in [0.2, 0.25) is 0 Å². The van der Waals surface area contributed by atoms with Crippen molar-refractivity contribution in [3.8, 4) is 22.9 Å². The van der Waals surface area contributed by atoms with E-state index < -0.39 is 11.8 Å². The minimum atomic E-state index is -0.618. The van der Waals surface area contributed by atoms with E-state index in [1.165, 1.54) is 6.08 Å². The number of benzene rings is 3. The maximum absolute atomic E-state index is 13.2. The van der Waals surface area contributed by atoms with Crippen molar-refractivity contribution < 1.29 is 14.3 Å². The molecule has 1 aliphatic rings. The van der Waals surface area contributed by atoms with Crippen LogP contribution in [-0.4, -0.2) is 33.6 Å². The van der Waals surface area contributed by atoms with Crippen molar-refractivity contribution >= 4 is 28.8 Å². The van der Waals surface area contributed by atoms with Crippen LogP contribution in [0.3, 0.4) is 0 Å². The van der Waals surface area contributed by atoms with E-state index in [0.717, 1.165) is 32.5 Å². The molecular weight excluding hydrogens is 428 g/mol. The molecule has 7 heteroatoms. The van der Waals surface area contributed by atoms with Crippen molar-refractivity contribution in [3.05, 3.63) is 89.1 Å². The van der Waals surface area contributed by atoms with Crippen molar-refractivity contribution in [2.24, 2.45) is 7.05 Å². The lowest BCUT2D eigenvalue weighted by Gasteiger charge is -2.13. The maximum atomic E-state index is 13.2. The number of hydrogen-bond acceptors (Lipinski definition) is 5. The first kappa shape index (κ1) is 21.2. The second kappa shape index (κ2) is 8.34. The van der Waals surface area contributed by atoms with Crippen LogP contribution in [0.2, 0.25) is 0 Å². The van der Waals surface area contributed by atoms with Crippen LogP contribution in [0.25, 0.3) is 28.1 Å². The number of aromatic nitrogens is 2. The molecule has 4 aromatic rings. The number of methoxy groups -OCH3 is 1. The predicted octanol–water partition coefficient (Wildman–Crippen LogP) is 4.34. The minimum absolute atomic E-state index is 0.105. The van der Waals surface area contributed by atoms with Gasteiger partial charge in [-0.25, -0.2) is 0 Å². The van der Waals surface area contributed by atoms with Gasteiger partial charge in [0.15, 0.2) is 0 Å². The molecule has 1 aliphatic heterocycles. The van der Waals surface area contributed by atoms with Crippen LogP contribution in [0.5, 0.6) is 5.75 Å². The fourth-order valence-corrected chi connectivity index (χ4v) is 4.23. The number of nitrogens with zero attached hydrogens (tertiary/aromatic N) is 4. The molecule has 0 radical (unpaired) electrons. The second-order valence-electron chi connectivity index (χ2n) is 8.01. The van der Waals surface area contributed by atoms with Gasteiger partial charge in [0, 0.05) is 18.0 Å². The Morgan fingerprint density at radius 2 is 1.88 bits per heavy atom. The summed E-state index contributed by atoms with van der Waals surface area (Å²) in [5.41, 5.74) is 4.58. The van der Waals surface area contributed by atoms with Gasteiger partial charge in [-0.3, -0.25) is 19.2 Å². The van der Waals surface area contributed by atoms with E-state index >= 15 is 0 Å². The molecule has 0 saturated heterocycles. The first-order chi connectivity index (χ1) is 16.5. The van der Waals surface area contributed by atoms with Gasteiger partial charge in [-0.15, -0.1) is 0 Å². The summed E-state index contributed by atoms with van der Waals surface area (Å²) in [6, 6.07) is 20.4. The monoisotopic (exact) mass is 448 g/mol. The highest BCUT2D eigenvalue weighted by molar-refractivity contribution is 6.16. The zero-order valence-electron chi connectivity index (χ0n) is 18.6. The molecule has 0 unspecified atom stereocenters. The van der Waals surface area contributed by atoms with Gasteiger partial charge in [0.25, 0.3) is 11.8 Å². The Balaban J connectivity index is 1.48. The summed E-state index contributed by atoms with van der Waals surface area (Å²) in [7, 11) is 3.44. The van der Waals surface area contributed by atoms with Gasteiger partial charge in [0.1, 0.15) is 17.4 Å². The summed E-state index contributed by atoms with van der Waals surface area (Å²) in [6.45, 7) is 0.105. The number of ether oxygens (including phenoxy) is 1. The Labute approximate surface area is 196 Å². The number of hydrogen-bond donors (Lipinski definition) is 0. The summed E-state index contributed by atoms with van der Waals surface area (Å²) < 4.78 is 6.94. The molecule has 2 amide bonds. The molecule has 34 heavy (non-hydrogen) atoms. The number of amides is 2. The van der Waals surface area contributed by atoms with Crippen molar-refractivity contribution in [2.75, 3.05) is 7.11 Å². The lowest BCUT2D eigenvalue weighted by molar-refractivity contribution is -0.124. The largest absolute Gasteiger partial charge is 0.497 e. The molecule has 0 atom stereocenters. The van der Waals surface area contributed by atoms with Crippen molar-refractivity contribution in [1.82, 2.24) is 14.7 Å². The van der Waals surface area contributed by atoms with Gasteiger partial charge < -0.3 is 4.74 Å². The van der Waals surface area contributed by atoms with Crippen LogP contribution in [0.4, 0.5) is 0 Å². The highest BCUT2D eigenvalue weighted by Gasteiger charge is 2.35. The van der Waals surface area contributed by atoms with Crippen LogP contribution in [0.1, 0.15) is 21.5 Å². The SMILES string of the molecule is COc1ccc(/C=C(\C#N)C(=O)N2Cc3c(cccc3-c3ccc4cnn(C)c4c3)C2=O)cc1. The highest BCUT2D eigenvalue weighted by Crippen LogP contribution is 2.34. The molecule has 1 aromatic heterocycles. The van der Waals surface area contributed by atoms with E-state index in [1.807, 2.05) is 43.4 Å². The number of carbonyl (C=O) groups is 2. The molecule has 166 valence electrons. The van der Waals surface area contributed by atoms with Crippen LogP contribution < -0.4 is 4.74 Å². The van der Waals surface area contributed by atoms with E-state index in [1.54, 1.807) is 48.3 Å². The lowest BCUT2D eigenvalue weighted by atomic mass is 9.96. The van der Waals surface area contributed by atoms with Crippen LogP contribution in [0.15, 0.2) is 72.4 Å². The molecular formula is C27H20N4O3. The Hall–Kier alpha value is -4.70. The number of nitriles is 1. The normalized spacial score (nSPS) is 13.1. The number of aryl methyl sites for hydroxylation is 1. The van der Waals surface area contributed by atoms with Gasteiger partial charge >= 0.3 is 0 Å². The summed E-state index contributed by atoms with van der Waals surface area (Å²) in [6.07, 6.45) is 3.28. The topological polar surface area (TPSA) is 88.2 Å². The second-order valence-corrected chi connectivity index (χ2v) is 8.01. The third-order valence-corrected chi connectivity index (χ3v) is 6.05. The van der Waals surface area contributed by atoms with Crippen molar-refractivity contribution in [3.63, 3.8) is 0 Å². The Bertz CT molecular complexity index is 1520. The van der Waals surface area contributed by atoms with Gasteiger partial charge in [-0.05, 0) is 52.6 Å². The molecule has 7 nitrogen and oxygen atoms in total. The van der Waals surface area contributed by atoms with E-state index in [-0.39, 0.29) is 12.1 Å². The predicted molar refractivity (Wildman–Crippen MR) is 128 cm³/mol. The van der Waals surface area contributed by atoms with Crippen LogP contribution in [0, 0.1) is 11.3 Å². The molecule has 2 heterocycles. The molecule has 0 N–H and O–H groups in total. The molecule has 0 bridgehead atoms. The number of fused-ring (bicyclic) bond motifs is 2. The van der Waals surface area contributed by atoms with Crippen LogP contribution >= 0.6 is 0 Å². The standard InChI is InChI=1S/C27H20N4O3/c1-30-25-13-18(8-9-19(25)15-29-30)22-4-3-5-23-24(22)16-31(27(23)33)26(32)20(14-28)12-17-6-10-21(34-2)11-7-17/h3-13,15H,16H2,1-2H3/b20-12+. The van der Waals surface area contributed by atoms with E-state index in [9.17, 15) is 14.9 Å². The quantitative estimate of drug-likeness (QED) is 0.342. The average molecular weight is 448 g/mol. The number of imide groups is 1. The third kappa shape index (κ3) is 3.51. The fraction of sp³-hybridized carbons (Fsp3) is 0.111. The minimum Gasteiger partial charge on any atom is -0.497 e. The van der Waals surface area contributed by atoms with Gasteiger partial charge in [-0.1, -0.05) is 36.4 Å². The Morgan fingerprint density at radius 1 is 1.12 bits per heavy atom. The van der Waals surface area contributed by atoms with E-state index in [4.69, 9.17) is 4.74 Å². The molecule has 0 spiro atoms. The Kier molecular flexibility index (Phi) is 5.19. The maximum Gasteiger partial charge on any atom is 0.271 e. The zero-order chi connectivity index (χ0) is 23.8. The van der Waals surface area contributed by atoms with Gasteiger partial charge in [-0.2, -0.15) is 10.4 Å². The number of carbonyl (C=O) groups excluding carboxylic acids is 2. The fourth-order valence-electron chi connectivity index (χ4n) is 4.23. The molecule has 0 aliphatic carbocycles. The highest BCUT2D eigenvalue weighted by atomic mass is 16.5. The molecule has 0 saturated carbocycles. The zero-order valence-corrected chi connectivity index (χ0v) is 18.6. The Morgan fingerprint density at radius 3 is 2.62 bits per heavy atom. The summed E-state index contributed by atoms with van der Waals surface area (Å²) in [5.74, 6) is -0.351. The number of rotatable bonds is 4. The smallest absolute Gasteiger partial charge is 0.271 e. The van der Waals surface area contributed by atoms with Gasteiger partial charge in [0.05, 0.1) is 25.4 Å². The van der Waals surface area contributed by atoms with E-state index in [2.05, 4.69) is 5.10 Å². The first-order valence-corrected chi connectivity index (χ1v) is 10.7. The average Bonchev–Trinajstić information content (AvgIpc) is 3.41. The first-order valence-electron chi connectivity index (χ1n) is 10.7. The summed E-state index contributed by atoms with van der Waals surface area (Å²) in [5, 5.41) is 15.0. The molecule has 0 fully saturated rings. The third-order valence-electron chi connectivity index (χ3n) is 6.05. The van der Waals surface area contributed by atoms with Crippen molar-refractivity contribution in [2.45, 2.75) is 6.54 Å². The van der Waals surface area contributed by atoms with E-state index in [0.29, 0.717) is 16.9 Å². The van der Waals surface area contributed by atoms with Crippen molar-refractivity contribution in [1.29, 1.82) is 5.26 Å².